The average molecular weight is 307 g/mol. The number of aromatic nitrogens is 2. The lowest BCUT2D eigenvalue weighted by Crippen LogP contribution is -2.23. The topological polar surface area (TPSA) is 55.1 Å². The van der Waals surface area contributed by atoms with Gasteiger partial charge in [0.25, 0.3) is 5.56 Å². The molecule has 0 fully saturated rings. The molecule has 2 heterocycles. The molecule has 0 radical (unpaired) electrons. The zero-order valence-electron chi connectivity index (χ0n) is 10.4. The van der Waals surface area contributed by atoms with E-state index in [1.54, 1.807) is 30.3 Å². The average Bonchev–Trinajstić information content (AvgIpc) is 2.91. The van der Waals surface area contributed by atoms with Gasteiger partial charge in [-0.25, -0.2) is 4.98 Å². The SMILES string of the molecule is O=c1c2ccsc2ncn1C[C@H](O)c1ccccc1Cl. The highest BCUT2D eigenvalue weighted by Gasteiger charge is 2.14. The second-order valence-corrected chi connectivity index (χ2v) is 5.68. The van der Waals surface area contributed by atoms with Crippen molar-refractivity contribution in [2.75, 3.05) is 0 Å². The van der Waals surface area contributed by atoms with Crippen LogP contribution < -0.4 is 5.56 Å². The molecule has 0 amide bonds. The third-order valence-corrected chi connectivity index (χ3v) is 4.25. The van der Waals surface area contributed by atoms with Gasteiger partial charge in [0, 0.05) is 10.6 Å². The van der Waals surface area contributed by atoms with Crippen molar-refractivity contribution in [1.29, 1.82) is 0 Å². The highest BCUT2D eigenvalue weighted by atomic mass is 35.5. The van der Waals surface area contributed by atoms with Crippen LogP contribution in [0.2, 0.25) is 5.02 Å². The fraction of sp³-hybridized carbons (Fsp3) is 0.143. The standard InChI is InChI=1S/C14H11ClN2O2S/c15-11-4-2-1-3-9(11)12(18)7-17-8-16-13-10(14(17)19)5-6-20-13/h1-6,8,12,18H,7H2/t12-/m0/s1. The van der Waals surface area contributed by atoms with Crippen LogP contribution in [0.25, 0.3) is 10.2 Å². The number of rotatable bonds is 3. The Morgan fingerprint density at radius 3 is 2.95 bits per heavy atom. The Balaban J connectivity index is 1.95. The molecule has 0 saturated heterocycles. The Morgan fingerprint density at radius 2 is 2.15 bits per heavy atom. The molecule has 3 rings (SSSR count). The van der Waals surface area contributed by atoms with E-state index in [-0.39, 0.29) is 12.1 Å². The van der Waals surface area contributed by atoms with Crippen molar-refractivity contribution in [3.05, 3.63) is 63.0 Å². The Hall–Kier alpha value is -1.69. The summed E-state index contributed by atoms with van der Waals surface area (Å²) < 4.78 is 1.41. The van der Waals surface area contributed by atoms with Gasteiger partial charge < -0.3 is 5.11 Å². The van der Waals surface area contributed by atoms with Crippen molar-refractivity contribution < 1.29 is 5.11 Å². The van der Waals surface area contributed by atoms with Crippen LogP contribution in [-0.4, -0.2) is 14.7 Å². The molecule has 6 heteroatoms. The number of nitrogens with zero attached hydrogens (tertiary/aromatic N) is 2. The van der Waals surface area contributed by atoms with Gasteiger partial charge in [0.2, 0.25) is 0 Å². The molecule has 0 aliphatic heterocycles. The van der Waals surface area contributed by atoms with Gasteiger partial charge >= 0.3 is 0 Å². The summed E-state index contributed by atoms with van der Waals surface area (Å²) in [5.74, 6) is 0. The van der Waals surface area contributed by atoms with Crippen LogP contribution in [0, 0.1) is 0 Å². The maximum atomic E-state index is 12.2. The minimum absolute atomic E-state index is 0.126. The summed E-state index contributed by atoms with van der Waals surface area (Å²) in [6, 6.07) is 8.79. The molecule has 0 saturated carbocycles. The molecule has 1 aromatic carbocycles. The molecule has 0 bridgehead atoms. The lowest BCUT2D eigenvalue weighted by atomic mass is 10.1. The van der Waals surface area contributed by atoms with Crippen LogP contribution in [0.15, 0.2) is 46.8 Å². The van der Waals surface area contributed by atoms with Gasteiger partial charge in [-0.15, -0.1) is 11.3 Å². The smallest absolute Gasteiger partial charge is 0.262 e. The van der Waals surface area contributed by atoms with Crippen molar-refractivity contribution in [3.63, 3.8) is 0 Å². The number of aliphatic hydroxyl groups is 1. The molecule has 0 aliphatic rings. The van der Waals surface area contributed by atoms with Gasteiger partial charge in [-0.2, -0.15) is 0 Å². The largest absolute Gasteiger partial charge is 0.386 e. The van der Waals surface area contributed by atoms with Gasteiger partial charge in [0.05, 0.1) is 24.4 Å². The first-order chi connectivity index (χ1) is 9.66. The lowest BCUT2D eigenvalue weighted by molar-refractivity contribution is 0.155. The van der Waals surface area contributed by atoms with Crippen LogP contribution in [0.1, 0.15) is 11.7 Å². The molecule has 1 N–H and O–H groups in total. The molecule has 102 valence electrons. The first kappa shape index (κ1) is 13.3. The van der Waals surface area contributed by atoms with Gasteiger partial charge in [-0.3, -0.25) is 9.36 Å². The fourth-order valence-electron chi connectivity index (χ4n) is 2.05. The summed E-state index contributed by atoms with van der Waals surface area (Å²) in [5.41, 5.74) is 0.453. The summed E-state index contributed by atoms with van der Waals surface area (Å²) in [6.07, 6.45) is 0.612. The monoisotopic (exact) mass is 306 g/mol. The third kappa shape index (κ3) is 2.35. The lowest BCUT2D eigenvalue weighted by Gasteiger charge is -2.14. The summed E-state index contributed by atoms with van der Waals surface area (Å²) in [4.78, 5) is 17.1. The predicted octanol–water partition coefficient (Wildman–Crippen LogP) is 2.85. The first-order valence-electron chi connectivity index (χ1n) is 6.02. The van der Waals surface area contributed by atoms with Crippen molar-refractivity contribution in [2.45, 2.75) is 12.6 Å². The molecule has 0 spiro atoms. The second kappa shape index (κ2) is 5.36. The van der Waals surface area contributed by atoms with Crippen molar-refractivity contribution in [1.82, 2.24) is 9.55 Å². The van der Waals surface area contributed by atoms with E-state index in [1.807, 2.05) is 5.38 Å². The number of thiophene rings is 1. The summed E-state index contributed by atoms with van der Waals surface area (Å²) in [6.45, 7) is 0.126. The minimum Gasteiger partial charge on any atom is -0.386 e. The van der Waals surface area contributed by atoms with E-state index in [0.29, 0.717) is 20.8 Å². The summed E-state index contributed by atoms with van der Waals surface area (Å²) in [5, 5.41) is 13.1. The van der Waals surface area contributed by atoms with Gasteiger partial charge in [0.1, 0.15) is 4.83 Å². The van der Waals surface area contributed by atoms with E-state index in [4.69, 9.17) is 11.6 Å². The number of hydrogen-bond donors (Lipinski definition) is 1. The molecule has 2 aromatic heterocycles. The van der Waals surface area contributed by atoms with Crippen molar-refractivity contribution >= 4 is 33.2 Å². The molecule has 0 unspecified atom stereocenters. The molecular formula is C14H11ClN2O2S. The van der Waals surface area contributed by atoms with E-state index in [9.17, 15) is 9.90 Å². The second-order valence-electron chi connectivity index (χ2n) is 4.38. The maximum Gasteiger partial charge on any atom is 0.262 e. The highest BCUT2D eigenvalue weighted by Crippen LogP contribution is 2.23. The zero-order chi connectivity index (χ0) is 14.1. The molecule has 3 aromatic rings. The highest BCUT2D eigenvalue weighted by molar-refractivity contribution is 7.16. The maximum absolute atomic E-state index is 12.2. The van der Waals surface area contributed by atoms with E-state index in [2.05, 4.69) is 4.98 Å². The van der Waals surface area contributed by atoms with Gasteiger partial charge in [0.15, 0.2) is 0 Å². The van der Waals surface area contributed by atoms with Crippen molar-refractivity contribution in [2.24, 2.45) is 0 Å². The Kier molecular flexibility index (Phi) is 3.56. The number of aliphatic hydroxyl groups excluding tert-OH is 1. The van der Waals surface area contributed by atoms with E-state index in [0.717, 1.165) is 0 Å². The van der Waals surface area contributed by atoms with Crippen LogP contribution >= 0.6 is 22.9 Å². The predicted molar refractivity (Wildman–Crippen MR) is 80.3 cm³/mol. The number of benzene rings is 1. The Morgan fingerprint density at radius 1 is 1.35 bits per heavy atom. The van der Waals surface area contributed by atoms with E-state index >= 15 is 0 Å². The number of halogens is 1. The third-order valence-electron chi connectivity index (χ3n) is 3.08. The molecule has 1 atom stereocenters. The van der Waals surface area contributed by atoms with Crippen molar-refractivity contribution in [3.8, 4) is 0 Å². The molecule has 4 nitrogen and oxygen atoms in total. The summed E-state index contributed by atoms with van der Waals surface area (Å²) in [7, 11) is 0. The minimum atomic E-state index is -0.848. The van der Waals surface area contributed by atoms with Gasteiger partial charge in [-0.1, -0.05) is 29.8 Å². The first-order valence-corrected chi connectivity index (χ1v) is 7.27. The normalized spacial score (nSPS) is 12.7. The zero-order valence-corrected chi connectivity index (χ0v) is 11.9. The number of hydrogen-bond acceptors (Lipinski definition) is 4. The molecule has 20 heavy (non-hydrogen) atoms. The Labute approximate surface area is 123 Å². The van der Waals surface area contributed by atoms with Crippen LogP contribution in [-0.2, 0) is 6.54 Å². The van der Waals surface area contributed by atoms with Crippen LogP contribution in [0.4, 0.5) is 0 Å². The quantitative estimate of drug-likeness (QED) is 0.809. The summed E-state index contributed by atoms with van der Waals surface area (Å²) >= 11 is 7.46. The molecule has 0 aliphatic carbocycles. The fourth-order valence-corrected chi connectivity index (χ4v) is 3.04. The van der Waals surface area contributed by atoms with E-state index in [1.165, 1.54) is 22.2 Å². The van der Waals surface area contributed by atoms with Gasteiger partial charge in [-0.05, 0) is 17.5 Å². The van der Waals surface area contributed by atoms with Crippen LogP contribution in [0.3, 0.4) is 0 Å². The van der Waals surface area contributed by atoms with Crippen LogP contribution in [0.5, 0.6) is 0 Å². The van der Waals surface area contributed by atoms with E-state index < -0.39 is 6.10 Å². The number of fused-ring (bicyclic) bond motifs is 1. The Bertz CT molecular complexity index is 812. The molecular weight excluding hydrogens is 296 g/mol.